The van der Waals surface area contributed by atoms with E-state index in [1.165, 1.54) is 24.5 Å². The van der Waals surface area contributed by atoms with Crippen LogP contribution in [0.1, 0.15) is 26.0 Å². The van der Waals surface area contributed by atoms with Gasteiger partial charge in [-0.2, -0.15) is 5.26 Å². The first-order valence-electron chi connectivity index (χ1n) is 9.75. The minimum absolute atomic E-state index is 0.283. The lowest BCUT2D eigenvalue weighted by molar-refractivity contribution is 0.492. The molecular formula is C21H24N8. The van der Waals surface area contributed by atoms with Gasteiger partial charge in [-0.25, -0.2) is 15.0 Å². The number of benzene rings is 1. The van der Waals surface area contributed by atoms with Crippen molar-refractivity contribution < 1.29 is 0 Å². The molecule has 2 N–H and O–H groups in total. The van der Waals surface area contributed by atoms with Crippen molar-refractivity contribution in [1.29, 1.82) is 5.26 Å². The van der Waals surface area contributed by atoms with Gasteiger partial charge < -0.3 is 20.1 Å². The third-order valence-electron chi connectivity index (χ3n) is 4.88. The van der Waals surface area contributed by atoms with E-state index in [1.807, 2.05) is 16.8 Å². The molecule has 0 bridgehead atoms. The van der Waals surface area contributed by atoms with Crippen molar-refractivity contribution in [2.45, 2.75) is 32.4 Å². The molecule has 0 radical (unpaired) electrons. The number of nitrogens with one attached hydrogen (secondary N) is 2. The Balaban J connectivity index is 1.40. The minimum atomic E-state index is 0.283. The van der Waals surface area contributed by atoms with Crippen LogP contribution in [-0.4, -0.2) is 44.7 Å². The molecule has 2 aromatic heterocycles. The molecule has 0 amide bonds. The Bertz CT molecular complexity index is 985. The van der Waals surface area contributed by atoms with Crippen LogP contribution in [-0.2, 0) is 0 Å². The molecule has 29 heavy (non-hydrogen) atoms. The summed E-state index contributed by atoms with van der Waals surface area (Å²) in [6.07, 6.45) is 7.77. The van der Waals surface area contributed by atoms with Gasteiger partial charge in [-0.1, -0.05) is 13.8 Å². The molecule has 0 saturated carbocycles. The fraction of sp³-hybridized carbons (Fsp3) is 0.333. The predicted molar refractivity (Wildman–Crippen MR) is 112 cm³/mol. The Morgan fingerprint density at radius 1 is 1.07 bits per heavy atom. The van der Waals surface area contributed by atoms with E-state index in [0.717, 1.165) is 18.8 Å². The second kappa shape index (κ2) is 8.29. The zero-order valence-electron chi connectivity index (χ0n) is 16.6. The molecule has 1 aliphatic rings. The number of nitriles is 1. The SMILES string of the molecule is CC(C)NC1CCN(c2ccc(-n3cnc(Nc4cnc(C#N)cn4)c3)cc2)C1. The summed E-state index contributed by atoms with van der Waals surface area (Å²) in [6, 6.07) is 11.5. The van der Waals surface area contributed by atoms with Crippen molar-refractivity contribution in [2.24, 2.45) is 0 Å². The summed E-state index contributed by atoms with van der Waals surface area (Å²) in [7, 11) is 0. The van der Waals surface area contributed by atoms with Crippen LogP contribution in [0.15, 0.2) is 49.2 Å². The van der Waals surface area contributed by atoms with Gasteiger partial charge in [0.05, 0.1) is 18.6 Å². The number of imidazole rings is 1. The topological polar surface area (TPSA) is 94.7 Å². The summed E-state index contributed by atoms with van der Waals surface area (Å²) < 4.78 is 1.95. The van der Waals surface area contributed by atoms with E-state index in [0.29, 0.717) is 23.7 Å². The summed E-state index contributed by atoms with van der Waals surface area (Å²) in [5, 5.41) is 15.5. The van der Waals surface area contributed by atoms with Gasteiger partial charge in [0, 0.05) is 36.5 Å². The van der Waals surface area contributed by atoms with Crippen LogP contribution >= 0.6 is 0 Å². The van der Waals surface area contributed by atoms with Crippen LogP contribution in [0.25, 0.3) is 5.69 Å². The van der Waals surface area contributed by atoms with Crippen LogP contribution in [0.3, 0.4) is 0 Å². The fourth-order valence-corrected chi connectivity index (χ4v) is 3.55. The number of hydrogen-bond donors (Lipinski definition) is 2. The average Bonchev–Trinajstić information content (AvgIpc) is 3.38. The highest BCUT2D eigenvalue weighted by molar-refractivity contribution is 5.54. The standard InChI is InChI=1S/C21H24N8/c1-15(2)26-16-7-8-28(12-16)18-3-5-19(6-4-18)29-13-21(25-14-29)27-20-11-23-17(9-22)10-24-20/h3-6,10-11,13-16,26H,7-8,12H2,1-2H3,(H,24,27). The lowest BCUT2D eigenvalue weighted by atomic mass is 10.2. The highest BCUT2D eigenvalue weighted by Gasteiger charge is 2.22. The quantitative estimate of drug-likeness (QED) is 0.670. The first kappa shape index (κ1) is 18.9. The smallest absolute Gasteiger partial charge is 0.158 e. The second-order valence-electron chi connectivity index (χ2n) is 7.46. The number of nitrogens with zero attached hydrogens (tertiary/aromatic N) is 6. The van der Waals surface area contributed by atoms with Gasteiger partial charge in [-0.15, -0.1) is 0 Å². The largest absolute Gasteiger partial charge is 0.370 e. The summed E-state index contributed by atoms with van der Waals surface area (Å²) in [4.78, 5) is 14.9. The maximum atomic E-state index is 8.79. The van der Waals surface area contributed by atoms with E-state index in [4.69, 9.17) is 5.26 Å². The first-order chi connectivity index (χ1) is 14.1. The van der Waals surface area contributed by atoms with Gasteiger partial charge in [0.15, 0.2) is 5.69 Å². The predicted octanol–water partition coefficient (Wildman–Crippen LogP) is 2.85. The lowest BCUT2D eigenvalue weighted by Gasteiger charge is -2.20. The molecule has 3 aromatic rings. The molecule has 0 aliphatic carbocycles. The van der Waals surface area contributed by atoms with Crippen LogP contribution in [0.4, 0.5) is 17.3 Å². The van der Waals surface area contributed by atoms with Gasteiger partial charge in [0.2, 0.25) is 0 Å². The molecule has 1 aliphatic heterocycles. The highest BCUT2D eigenvalue weighted by atomic mass is 15.2. The van der Waals surface area contributed by atoms with E-state index in [9.17, 15) is 0 Å². The summed E-state index contributed by atoms with van der Waals surface area (Å²) in [6.45, 7) is 6.51. The van der Waals surface area contributed by atoms with E-state index < -0.39 is 0 Å². The van der Waals surface area contributed by atoms with Crippen LogP contribution in [0.2, 0.25) is 0 Å². The van der Waals surface area contributed by atoms with Gasteiger partial charge in [0.1, 0.15) is 24.0 Å². The van der Waals surface area contributed by atoms with E-state index in [-0.39, 0.29) is 5.69 Å². The van der Waals surface area contributed by atoms with Crippen molar-refractivity contribution in [1.82, 2.24) is 24.8 Å². The summed E-state index contributed by atoms with van der Waals surface area (Å²) in [5.74, 6) is 1.21. The number of anilines is 3. The third kappa shape index (κ3) is 4.52. The third-order valence-corrected chi connectivity index (χ3v) is 4.88. The molecule has 0 spiro atoms. The molecule has 8 heteroatoms. The van der Waals surface area contributed by atoms with Crippen LogP contribution in [0, 0.1) is 11.3 Å². The van der Waals surface area contributed by atoms with E-state index >= 15 is 0 Å². The number of aromatic nitrogens is 4. The Morgan fingerprint density at radius 3 is 2.55 bits per heavy atom. The van der Waals surface area contributed by atoms with Crippen molar-refractivity contribution in [2.75, 3.05) is 23.3 Å². The Kier molecular flexibility index (Phi) is 5.40. The van der Waals surface area contributed by atoms with Gasteiger partial charge >= 0.3 is 0 Å². The average molecular weight is 388 g/mol. The molecule has 3 heterocycles. The van der Waals surface area contributed by atoms with Crippen molar-refractivity contribution in [3.05, 3.63) is 54.9 Å². The molecule has 1 saturated heterocycles. The molecule has 8 nitrogen and oxygen atoms in total. The van der Waals surface area contributed by atoms with Crippen molar-refractivity contribution in [3.8, 4) is 11.8 Å². The molecule has 1 atom stereocenters. The molecule has 1 fully saturated rings. The van der Waals surface area contributed by atoms with Crippen LogP contribution < -0.4 is 15.5 Å². The Hall–Kier alpha value is -3.44. The molecule has 148 valence electrons. The van der Waals surface area contributed by atoms with Gasteiger partial charge in [-0.3, -0.25) is 0 Å². The minimum Gasteiger partial charge on any atom is -0.370 e. The monoisotopic (exact) mass is 388 g/mol. The second-order valence-corrected chi connectivity index (χ2v) is 7.46. The van der Waals surface area contributed by atoms with E-state index in [2.05, 4.69) is 68.6 Å². The van der Waals surface area contributed by atoms with E-state index in [1.54, 1.807) is 6.33 Å². The maximum Gasteiger partial charge on any atom is 0.158 e. The molecule has 1 aromatic carbocycles. The first-order valence-corrected chi connectivity index (χ1v) is 9.75. The Morgan fingerprint density at radius 2 is 1.86 bits per heavy atom. The van der Waals surface area contributed by atoms with Crippen LogP contribution in [0.5, 0.6) is 0 Å². The van der Waals surface area contributed by atoms with Crippen molar-refractivity contribution >= 4 is 17.3 Å². The Labute approximate surface area is 170 Å². The normalized spacial score (nSPS) is 16.2. The summed E-state index contributed by atoms with van der Waals surface area (Å²) in [5.41, 5.74) is 2.56. The van der Waals surface area contributed by atoms with Gasteiger partial charge in [0.25, 0.3) is 0 Å². The molecular weight excluding hydrogens is 364 g/mol. The zero-order valence-corrected chi connectivity index (χ0v) is 16.6. The number of rotatable bonds is 6. The molecule has 1 unspecified atom stereocenters. The van der Waals surface area contributed by atoms with Crippen molar-refractivity contribution in [3.63, 3.8) is 0 Å². The molecule has 4 rings (SSSR count). The van der Waals surface area contributed by atoms with Gasteiger partial charge in [-0.05, 0) is 30.7 Å². The summed E-state index contributed by atoms with van der Waals surface area (Å²) >= 11 is 0. The number of hydrogen-bond acceptors (Lipinski definition) is 7. The zero-order chi connectivity index (χ0) is 20.2. The fourth-order valence-electron chi connectivity index (χ4n) is 3.55. The lowest BCUT2D eigenvalue weighted by Crippen LogP contribution is -2.36. The maximum absolute atomic E-state index is 8.79. The highest BCUT2D eigenvalue weighted by Crippen LogP contribution is 2.23.